The normalized spacial score (nSPS) is 22.4. The van der Waals surface area contributed by atoms with Crippen LogP contribution >= 0.6 is 22.7 Å². The number of carbonyl (C=O) groups is 6. The summed E-state index contributed by atoms with van der Waals surface area (Å²) in [6, 6.07) is 31.8. The van der Waals surface area contributed by atoms with E-state index in [1.165, 1.54) is 22.7 Å². The number of nitrogens with zero attached hydrogens (tertiary/aromatic N) is 6. The quantitative estimate of drug-likeness (QED) is 0.0367. The highest BCUT2D eigenvalue weighted by atomic mass is 32.1. The number of aliphatic hydroxyl groups excluding tert-OH is 1. The lowest BCUT2D eigenvalue weighted by Crippen LogP contribution is -2.68. The lowest BCUT2D eigenvalue weighted by molar-refractivity contribution is -0.141. The number of carbonyl (C=O) groups excluding carboxylic acids is 6. The molecular weight excluding hydrogens is 1190 g/mol. The van der Waals surface area contributed by atoms with Crippen LogP contribution in [0.3, 0.4) is 0 Å². The molecule has 4 fully saturated rings. The number of imidazole rings is 2. The van der Waals surface area contributed by atoms with Crippen LogP contribution in [0.1, 0.15) is 107 Å². The van der Waals surface area contributed by atoms with E-state index in [0.29, 0.717) is 86.4 Å². The molecule has 4 aliphatic heterocycles. The van der Waals surface area contributed by atoms with E-state index in [2.05, 4.69) is 40.9 Å². The van der Waals surface area contributed by atoms with E-state index < -0.39 is 53.0 Å². The Bertz CT molecular complexity index is 3970. The Kier molecular flexibility index (Phi) is 16.8. The van der Waals surface area contributed by atoms with Crippen molar-refractivity contribution >= 4 is 98.3 Å². The molecule has 10 N–H and O–H groups in total. The Morgan fingerprint density at radius 2 is 1.25 bits per heavy atom. The van der Waals surface area contributed by atoms with Crippen LogP contribution in [0.15, 0.2) is 109 Å². The van der Waals surface area contributed by atoms with Crippen LogP contribution in [0.5, 0.6) is 0 Å². The number of nitrogens with two attached hydrogens (primary N) is 2. The first-order valence-corrected chi connectivity index (χ1v) is 33.3. The van der Waals surface area contributed by atoms with E-state index in [9.17, 15) is 33.9 Å². The summed E-state index contributed by atoms with van der Waals surface area (Å²) in [4.78, 5) is 112. The van der Waals surface area contributed by atoms with Crippen LogP contribution < -0.4 is 27.4 Å². The maximum absolute atomic E-state index is 14.7. The van der Waals surface area contributed by atoms with E-state index in [1.807, 2.05) is 116 Å². The maximum Gasteiger partial charge on any atom is 0.408 e. The van der Waals surface area contributed by atoms with Crippen molar-refractivity contribution in [3.05, 3.63) is 159 Å². The van der Waals surface area contributed by atoms with Crippen molar-refractivity contribution in [2.75, 3.05) is 5.73 Å². The van der Waals surface area contributed by atoms with Gasteiger partial charge in [0, 0.05) is 17.8 Å². The number of aryl methyl sites for hydroxylation is 1. The summed E-state index contributed by atoms with van der Waals surface area (Å²) in [6.45, 7) is 7.12. The molecule has 0 radical (unpaired) electrons. The van der Waals surface area contributed by atoms with E-state index in [-0.39, 0.29) is 61.4 Å². The minimum Gasteiger partial charge on any atom is -0.444 e. The monoisotopic (exact) mass is 1260 g/mol. The minimum absolute atomic E-state index is 0.0300. The molecule has 3 unspecified atom stereocenters. The fraction of sp³-hybridized carbons (Fsp3) is 0.424. The summed E-state index contributed by atoms with van der Waals surface area (Å²) >= 11 is 2.74. The molecule has 0 bridgehead atoms. The van der Waals surface area contributed by atoms with Crippen molar-refractivity contribution < 1.29 is 38.6 Å². The van der Waals surface area contributed by atoms with E-state index in [1.54, 1.807) is 30.4 Å². The fourth-order valence-electron chi connectivity index (χ4n) is 14.9. The van der Waals surface area contributed by atoms with Gasteiger partial charge in [0.1, 0.15) is 28.1 Å². The number of aromatic amines is 2. The molecule has 4 aromatic carbocycles. The Morgan fingerprint density at radius 3 is 1.89 bits per heavy atom. The van der Waals surface area contributed by atoms with Gasteiger partial charge in [0.25, 0.3) is 13.7 Å². The largest absolute Gasteiger partial charge is 0.444 e. The number of hydrogen-bond acceptors (Lipinski definition) is 16. The number of Topliss-reactive ketones (excluding diaryl/α,β-unsaturated/α-hetero) is 1. The zero-order chi connectivity index (χ0) is 63.5. The third-order valence-electron chi connectivity index (χ3n) is 19.2. The first-order chi connectivity index (χ1) is 43.7. The van der Waals surface area contributed by atoms with Crippen LogP contribution in [0.4, 0.5) is 10.7 Å². The van der Waals surface area contributed by atoms with Gasteiger partial charge in [0.2, 0.25) is 29.4 Å². The van der Waals surface area contributed by atoms with Gasteiger partial charge in [-0.25, -0.2) is 24.7 Å². The highest BCUT2D eigenvalue weighted by Crippen LogP contribution is 2.42. The van der Waals surface area contributed by atoms with Gasteiger partial charge in [0.15, 0.2) is 11.0 Å². The molecule has 2 aliphatic carbocycles. The number of fused-ring (bicyclic) bond motifs is 6. The molecule has 4 aromatic heterocycles. The van der Waals surface area contributed by atoms with Gasteiger partial charge in [-0.1, -0.05) is 110 Å². The van der Waals surface area contributed by atoms with Gasteiger partial charge in [-0.05, 0) is 133 Å². The van der Waals surface area contributed by atoms with Gasteiger partial charge in [-0.15, -0.1) is 22.7 Å². The van der Waals surface area contributed by atoms with Gasteiger partial charge in [0.05, 0.1) is 61.5 Å². The zero-order valence-electron chi connectivity index (χ0n) is 51.4. The van der Waals surface area contributed by atoms with Crippen molar-refractivity contribution in [2.24, 2.45) is 17.6 Å². The topological polar surface area (TPSA) is 310 Å². The highest BCUT2D eigenvalue weighted by Gasteiger charge is 2.57. The molecule has 25 heteroatoms. The number of ether oxygens (including phenoxy) is 1. The molecule has 4 saturated heterocycles. The number of para-hydroxylation sites is 2. The summed E-state index contributed by atoms with van der Waals surface area (Å²) in [6.07, 6.45) is 6.05. The second-order valence-corrected chi connectivity index (χ2v) is 28.7. The number of benzene rings is 4. The molecule has 21 nitrogen and oxygen atoms in total. The number of hydrogen-bond donors (Lipinski definition) is 8. The lowest BCUT2D eigenvalue weighted by Gasteiger charge is -2.45. The summed E-state index contributed by atoms with van der Waals surface area (Å²) in [5.74, 6) is -0.493. The molecule has 6 aliphatic rings. The van der Waals surface area contributed by atoms with E-state index >= 15 is 0 Å². The number of nitrogens with one attached hydrogen (secondary N) is 5. The number of rotatable bonds is 15. The average Bonchev–Trinajstić information content (AvgIpc) is 1.72. The average molecular weight is 1260 g/mol. The summed E-state index contributed by atoms with van der Waals surface area (Å²) in [5, 5.41) is 22.0. The number of H-pyrrole nitrogens is 2. The van der Waals surface area contributed by atoms with Crippen LogP contribution in [0, 0.1) is 18.8 Å². The molecule has 0 spiro atoms. The van der Waals surface area contributed by atoms with Crippen molar-refractivity contribution in [1.29, 1.82) is 0 Å². The predicted molar refractivity (Wildman–Crippen MR) is 350 cm³/mol. The van der Waals surface area contributed by atoms with Crippen LogP contribution in [0.2, 0.25) is 25.3 Å². The SMILES string of the molecule is Cc1nc2c([nH]1)CC([C@H](NC(=O)[C@@H]1CCB3CC[C@](Cc4ccccc4)(NC(=O)OC(C)(C)C)C(=O)N31)C(O)c1nc3ccccc3s1)C2.Nc1nc2c([nH]1)CC([C@H](NC(=O)[C@@H]1CCB3CC[C@@](N)(Cc4ccccc4)C(=O)N31)C(=O)c1nc3ccccc3s1)C2. The third-order valence-corrected chi connectivity index (χ3v) is 21.3. The number of alkyl carbamates (subject to hydrolysis) is 1. The number of anilines is 1. The van der Waals surface area contributed by atoms with Crippen molar-refractivity contribution in [3.8, 4) is 0 Å². The number of aliphatic hydroxyl groups is 1. The first-order valence-electron chi connectivity index (χ1n) is 31.6. The number of thiazole rings is 2. The maximum atomic E-state index is 14.7. The predicted octanol–water partition coefficient (Wildman–Crippen LogP) is 7.38. The van der Waals surface area contributed by atoms with E-state index in [0.717, 1.165) is 72.8 Å². The lowest BCUT2D eigenvalue weighted by atomic mass is 9.51. The van der Waals surface area contributed by atoms with Crippen molar-refractivity contribution in [2.45, 2.75) is 164 Å². The minimum atomic E-state index is -1.28. The third kappa shape index (κ3) is 12.5. The second kappa shape index (κ2) is 24.8. The van der Waals surface area contributed by atoms with Gasteiger partial charge < -0.3 is 56.9 Å². The van der Waals surface area contributed by atoms with Crippen LogP contribution in [-0.2, 0) is 62.4 Å². The molecule has 91 heavy (non-hydrogen) atoms. The molecule has 5 amide bonds. The number of ketones is 1. The molecule has 8 aromatic rings. The number of aromatic nitrogens is 6. The summed E-state index contributed by atoms with van der Waals surface area (Å²) < 4.78 is 7.49. The molecular formula is C66H75B2N13O8S2. The van der Waals surface area contributed by atoms with Crippen molar-refractivity contribution in [3.63, 3.8) is 0 Å². The van der Waals surface area contributed by atoms with Gasteiger partial charge >= 0.3 is 6.09 Å². The van der Waals surface area contributed by atoms with Gasteiger partial charge in [-0.3, -0.25) is 24.0 Å². The fourth-order valence-corrected chi connectivity index (χ4v) is 16.9. The highest BCUT2D eigenvalue weighted by molar-refractivity contribution is 7.20. The Balaban J connectivity index is 0.000000168. The number of amides is 5. The second-order valence-electron chi connectivity index (χ2n) is 26.7. The Labute approximate surface area is 535 Å². The molecule has 9 atom stereocenters. The van der Waals surface area contributed by atoms with E-state index in [4.69, 9.17) is 21.2 Å². The molecule has 14 rings (SSSR count). The molecule has 470 valence electrons. The summed E-state index contributed by atoms with van der Waals surface area (Å²) in [7, 11) is 0. The first kappa shape index (κ1) is 61.6. The van der Waals surface area contributed by atoms with Crippen LogP contribution in [0.25, 0.3) is 20.4 Å². The zero-order valence-corrected chi connectivity index (χ0v) is 53.1. The molecule has 0 saturated carbocycles. The number of nitrogen functional groups attached to an aromatic ring is 1. The molecule has 8 heterocycles. The summed E-state index contributed by atoms with van der Waals surface area (Å²) in [5.41, 5.74) is 16.6. The Hall–Kier alpha value is -8.25. The standard InChI is InChI=1S/C36H43BN6O5S.C30H32BN7O3S/c1-21-38-25-18-23(19-26(25)39-21)29(30(44)32-40-24-12-8-9-13-28(24)49-32)41-31(45)27-14-16-37-17-15-36(33(46)43(27)37,20-22-10-6-5-7-11-22)42-34(47)48-35(2,3)4;32-29-35-20-14-18(15-21(20)36-29)24(25(39)27-34-19-8-4-5-9-23(19)42-27)37-26(40)22-10-12-31-13-11-30(33,28(41)38(22)31)16-17-6-2-1-3-7-17/h5-13,23,27,29-30,44H,14-20H2,1-4H3,(H,38,39)(H,41,45)(H,42,47);1-9,18,22,24H,10-16,33H2,(H,37,40)(H3,32,35,36)/t27-,29-,30?,36+;22-,24-,30+/m00/s1. The van der Waals surface area contributed by atoms with Gasteiger partial charge in [-0.2, -0.15) is 0 Å². The van der Waals surface area contributed by atoms with Crippen molar-refractivity contribution in [1.82, 2.24) is 55.5 Å². The smallest absolute Gasteiger partial charge is 0.408 e. The Morgan fingerprint density at radius 1 is 0.692 bits per heavy atom. The van der Waals surface area contributed by atoms with Crippen LogP contribution in [-0.4, -0.2) is 135 Å².